The molecule has 0 bridgehead atoms. The van der Waals surface area contributed by atoms with Gasteiger partial charge in [0.1, 0.15) is 23.0 Å². The van der Waals surface area contributed by atoms with Gasteiger partial charge in [-0.1, -0.05) is 41.1 Å². The number of benzene rings is 2. The zero-order valence-electron chi connectivity index (χ0n) is 20.2. The number of para-hydroxylation sites is 1. The van der Waals surface area contributed by atoms with Crippen LogP contribution in [0.4, 0.5) is 10.2 Å². The van der Waals surface area contributed by atoms with E-state index >= 15 is 0 Å². The third-order valence-corrected chi connectivity index (χ3v) is 6.07. The maximum Gasteiger partial charge on any atom is 0.258 e. The van der Waals surface area contributed by atoms with Crippen LogP contribution in [0, 0.1) is 5.82 Å². The van der Waals surface area contributed by atoms with Gasteiger partial charge in [0.05, 0.1) is 22.0 Å². The van der Waals surface area contributed by atoms with Crippen LogP contribution in [0.3, 0.4) is 0 Å². The van der Waals surface area contributed by atoms with Gasteiger partial charge in [0.15, 0.2) is 5.78 Å². The van der Waals surface area contributed by atoms with Crippen molar-refractivity contribution in [3.63, 3.8) is 0 Å². The first-order valence-electron chi connectivity index (χ1n) is 11.6. The third kappa shape index (κ3) is 5.35. The Morgan fingerprint density at radius 3 is 2.61 bits per heavy atom. The Morgan fingerprint density at radius 2 is 1.87 bits per heavy atom. The number of aromatic nitrogens is 6. The molecular weight excluding hydrogens is 509 g/mol. The predicted octanol–water partition coefficient (Wildman–Crippen LogP) is 4.92. The van der Waals surface area contributed by atoms with Gasteiger partial charge in [0.25, 0.3) is 5.91 Å². The van der Waals surface area contributed by atoms with Crippen LogP contribution in [0.25, 0.3) is 16.9 Å². The summed E-state index contributed by atoms with van der Waals surface area (Å²) in [6, 6.07) is 17.9. The molecule has 0 atom stereocenters. The second kappa shape index (κ2) is 10.7. The van der Waals surface area contributed by atoms with Gasteiger partial charge in [0, 0.05) is 43.9 Å². The Morgan fingerprint density at radius 1 is 1.05 bits per heavy atom. The van der Waals surface area contributed by atoms with Crippen molar-refractivity contribution in [3.8, 4) is 16.9 Å². The normalized spacial score (nSPS) is 10.9. The van der Waals surface area contributed by atoms with Crippen LogP contribution in [-0.2, 0) is 13.5 Å². The third-order valence-electron chi connectivity index (χ3n) is 5.74. The van der Waals surface area contributed by atoms with Crippen molar-refractivity contribution in [2.45, 2.75) is 12.8 Å². The Bertz CT molecular complexity index is 1630. The summed E-state index contributed by atoms with van der Waals surface area (Å²) in [5.41, 5.74) is 2.13. The number of ketones is 1. The molecule has 3 aromatic heterocycles. The molecule has 3 heterocycles. The first kappa shape index (κ1) is 25.0. The highest BCUT2D eigenvalue weighted by molar-refractivity contribution is 6.34. The smallest absolute Gasteiger partial charge is 0.258 e. The number of Topliss-reactive ketones (excluding diaryl/α,β-unsaturated/α-hetero) is 1. The van der Waals surface area contributed by atoms with Gasteiger partial charge in [0.2, 0.25) is 0 Å². The van der Waals surface area contributed by atoms with Crippen molar-refractivity contribution >= 4 is 29.1 Å². The summed E-state index contributed by atoms with van der Waals surface area (Å²) < 4.78 is 17.3. The number of anilines is 1. The fourth-order valence-corrected chi connectivity index (χ4v) is 4.08. The predicted molar refractivity (Wildman–Crippen MR) is 140 cm³/mol. The average molecular weight is 530 g/mol. The lowest BCUT2D eigenvalue weighted by molar-refractivity contribution is 0.0975. The molecule has 0 saturated carbocycles. The summed E-state index contributed by atoms with van der Waals surface area (Å²) in [5, 5.41) is 15.3. The number of amides is 1. The Hall–Kier alpha value is -4.70. The van der Waals surface area contributed by atoms with Crippen LogP contribution in [0.15, 0.2) is 79.1 Å². The number of aryl methyl sites for hydroxylation is 2. The summed E-state index contributed by atoms with van der Waals surface area (Å²) >= 11 is 6.33. The number of carbonyl (C=O) groups excluding carboxylic acids is 2. The molecule has 0 fully saturated rings. The van der Waals surface area contributed by atoms with E-state index in [1.165, 1.54) is 41.2 Å². The van der Waals surface area contributed by atoms with E-state index in [2.05, 4.69) is 25.7 Å². The van der Waals surface area contributed by atoms with E-state index in [1.54, 1.807) is 36.1 Å². The maximum absolute atomic E-state index is 14.3. The largest absolute Gasteiger partial charge is 0.306 e. The molecule has 2 aromatic carbocycles. The molecular formula is C27H21ClFN7O2. The SMILES string of the molecule is Cn1cc(CCC(=O)c2cc(NC(=O)c3cc(-c4ncccc4F)ccc3Cl)n(-c3ccccc3)n2)nn1. The quantitative estimate of drug-likeness (QED) is 0.286. The molecule has 0 aliphatic carbocycles. The van der Waals surface area contributed by atoms with Gasteiger partial charge in [-0.05, 0) is 36.4 Å². The van der Waals surface area contributed by atoms with Gasteiger partial charge in [-0.25, -0.2) is 9.07 Å². The van der Waals surface area contributed by atoms with E-state index in [-0.39, 0.29) is 40.0 Å². The summed E-state index contributed by atoms with van der Waals surface area (Å²) in [7, 11) is 1.75. The monoisotopic (exact) mass is 529 g/mol. The van der Waals surface area contributed by atoms with Crippen molar-refractivity contribution in [1.29, 1.82) is 0 Å². The van der Waals surface area contributed by atoms with Crippen molar-refractivity contribution < 1.29 is 14.0 Å². The minimum Gasteiger partial charge on any atom is -0.306 e. The van der Waals surface area contributed by atoms with Crippen LogP contribution in [0.5, 0.6) is 0 Å². The molecule has 5 rings (SSSR count). The van der Waals surface area contributed by atoms with Gasteiger partial charge in [-0.2, -0.15) is 5.10 Å². The summed E-state index contributed by atoms with van der Waals surface area (Å²) in [5.74, 6) is -1.02. The fourth-order valence-electron chi connectivity index (χ4n) is 3.88. The van der Waals surface area contributed by atoms with Gasteiger partial charge < -0.3 is 5.32 Å². The zero-order valence-corrected chi connectivity index (χ0v) is 20.9. The van der Waals surface area contributed by atoms with Crippen molar-refractivity contribution in [1.82, 2.24) is 29.8 Å². The van der Waals surface area contributed by atoms with Gasteiger partial charge in [-0.3, -0.25) is 19.3 Å². The molecule has 5 aromatic rings. The Balaban J connectivity index is 1.44. The minimum absolute atomic E-state index is 0.100. The number of hydrogen-bond acceptors (Lipinski definition) is 6. The first-order valence-corrected chi connectivity index (χ1v) is 12.0. The zero-order chi connectivity index (χ0) is 26.6. The highest BCUT2D eigenvalue weighted by Gasteiger charge is 2.20. The second-order valence-corrected chi connectivity index (χ2v) is 8.86. The van der Waals surface area contributed by atoms with Crippen LogP contribution in [0.1, 0.15) is 33.0 Å². The average Bonchev–Trinajstić information content (AvgIpc) is 3.54. The molecule has 1 N–H and O–H groups in total. The van der Waals surface area contributed by atoms with Gasteiger partial charge in [-0.15, -0.1) is 5.10 Å². The van der Waals surface area contributed by atoms with E-state index in [0.29, 0.717) is 23.4 Å². The molecule has 0 unspecified atom stereocenters. The van der Waals surface area contributed by atoms with Crippen LogP contribution >= 0.6 is 11.6 Å². The molecule has 1 amide bonds. The summed E-state index contributed by atoms with van der Waals surface area (Å²) in [4.78, 5) is 30.4. The van der Waals surface area contributed by atoms with E-state index in [0.717, 1.165) is 0 Å². The van der Waals surface area contributed by atoms with E-state index in [1.807, 2.05) is 18.2 Å². The van der Waals surface area contributed by atoms with Crippen LogP contribution < -0.4 is 5.32 Å². The van der Waals surface area contributed by atoms with E-state index < -0.39 is 11.7 Å². The number of nitrogens with zero attached hydrogens (tertiary/aromatic N) is 6. The van der Waals surface area contributed by atoms with Crippen LogP contribution in [-0.4, -0.2) is 41.4 Å². The molecule has 0 radical (unpaired) electrons. The van der Waals surface area contributed by atoms with Gasteiger partial charge >= 0.3 is 0 Å². The number of halogens is 2. The maximum atomic E-state index is 14.3. The second-order valence-electron chi connectivity index (χ2n) is 8.45. The molecule has 9 nitrogen and oxygen atoms in total. The standard InChI is InChI=1S/C27H21ClFN7O2/c1-35-16-18(32-34-35)10-12-24(37)23-15-25(36(33-23)19-6-3-2-4-7-19)31-27(38)20-14-17(9-11-21(20)28)26-22(29)8-5-13-30-26/h2-9,11,13-16H,10,12H2,1H3,(H,31,38). The highest BCUT2D eigenvalue weighted by Crippen LogP contribution is 2.27. The number of carbonyl (C=O) groups is 2. The Kier molecular flexibility index (Phi) is 7.05. The molecule has 190 valence electrons. The molecule has 0 aliphatic heterocycles. The number of nitrogens with one attached hydrogen (secondary N) is 1. The van der Waals surface area contributed by atoms with E-state index in [9.17, 15) is 14.0 Å². The summed E-state index contributed by atoms with van der Waals surface area (Å²) in [6.45, 7) is 0. The molecule has 0 aliphatic rings. The van der Waals surface area contributed by atoms with E-state index in [4.69, 9.17) is 11.6 Å². The van der Waals surface area contributed by atoms with Crippen molar-refractivity contribution in [2.75, 3.05) is 5.32 Å². The number of rotatable bonds is 8. The Labute approximate surface area is 221 Å². The lowest BCUT2D eigenvalue weighted by Crippen LogP contribution is -2.15. The molecule has 11 heteroatoms. The highest BCUT2D eigenvalue weighted by atomic mass is 35.5. The number of hydrogen-bond donors (Lipinski definition) is 1. The lowest BCUT2D eigenvalue weighted by atomic mass is 10.1. The fraction of sp³-hybridized carbons (Fsp3) is 0.111. The first-order chi connectivity index (χ1) is 18.4. The lowest BCUT2D eigenvalue weighted by Gasteiger charge is -2.11. The van der Waals surface area contributed by atoms with Crippen molar-refractivity contribution in [2.24, 2.45) is 7.05 Å². The molecule has 0 spiro atoms. The molecule has 0 saturated heterocycles. The topological polar surface area (TPSA) is 108 Å². The van der Waals surface area contributed by atoms with Crippen molar-refractivity contribution in [3.05, 3.63) is 107 Å². The number of pyridine rings is 1. The summed E-state index contributed by atoms with van der Waals surface area (Å²) in [6.07, 6.45) is 3.78. The van der Waals surface area contributed by atoms with Crippen LogP contribution in [0.2, 0.25) is 5.02 Å². The molecule has 38 heavy (non-hydrogen) atoms. The minimum atomic E-state index is -0.552.